The fourth-order valence-electron chi connectivity index (χ4n) is 3.75. The third-order valence-corrected chi connectivity index (χ3v) is 5.33. The van der Waals surface area contributed by atoms with Crippen LogP contribution in [-0.2, 0) is 25.6 Å². The first-order valence-corrected chi connectivity index (χ1v) is 10.9. The lowest BCUT2D eigenvalue weighted by atomic mass is 10.1. The molecule has 1 saturated heterocycles. The Balaban J connectivity index is 1.67. The molecule has 170 valence electrons. The molecule has 1 aromatic rings. The number of carbonyl (C=O) groups excluding carboxylic acids is 3. The Morgan fingerprint density at radius 3 is 2.32 bits per heavy atom. The largest absolute Gasteiger partial charge is 0.461 e. The summed E-state index contributed by atoms with van der Waals surface area (Å²) in [6.45, 7) is 5.90. The van der Waals surface area contributed by atoms with Gasteiger partial charge in [0.2, 0.25) is 0 Å². The SMILES string of the molecule is CC(C)(C)OC(=O)N1CCN(C(=O)OCc2ccccc2)C(C(=O)OC2CCCC2)C1. The number of rotatable bonds is 4. The van der Waals surface area contributed by atoms with Crippen LogP contribution in [0.2, 0.25) is 0 Å². The van der Waals surface area contributed by atoms with Crippen molar-refractivity contribution >= 4 is 18.2 Å². The lowest BCUT2D eigenvalue weighted by Crippen LogP contribution is -2.60. The van der Waals surface area contributed by atoms with E-state index < -0.39 is 29.8 Å². The summed E-state index contributed by atoms with van der Waals surface area (Å²) in [6, 6.07) is 8.41. The molecule has 3 rings (SSSR count). The minimum atomic E-state index is -0.926. The Bertz CT molecular complexity index is 770. The fourth-order valence-corrected chi connectivity index (χ4v) is 3.75. The molecule has 1 aliphatic carbocycles. The van der Waals surface area contributed by atoms with E-state index in [-0.39, 0.29) is 32.3 Å². The van der Waals surface area contributed by atoms with Crippen LogP contribution in [0.4, 0.5) is 9.59 Å². The Kier molecular flexibility index (Phi) is 7.41. The van der Waals surface area contributed by atoms with Crippen LogP contribution in [0.3, 0.4) is 0 Å². The smallest absolute Gasteiger partial charge is 0.410 e. The first kappa shape index (κ1) is 22.9. The van der Waals surface area contributed by atoms with Crippen molar-refractivity contribution in [1.29, 1.82) is 0 Å². The molecule has 1 aromatic carbocycles. The lowest BCUT2D eigenvalue weighted by molar-refractivity contribution is -0.156. The Labute approximate surface area is 183 Å². The Morgan fingerprint density at radius 2 is 1.68 bits per heavy atom. The third-order valence-electron chi connectivity index (χ3n) is 5.33. The molecule has 31 heavy (non-hydrogen) atoms. The van der Waals surface area contributed by atoms with Gasteiger partial charge in [0.25, 0.3) is 0 Å². The van der Waals surface area contributed by atoms with Gasteiger partial charge in [0.15, 0.2) is 6.04 Å². The third kappa shape index (κ3) is 6.60. The summed E-state index contributed by atoms with van der Waals surface area (Å²) < 4.78 is 16.5. The van der Waals surface area contributed by atoms with Crippen molar-refractivity contribution in [2.45, 2.75) is 70.8 Å². The molecule has 2 fully saturated rings. The second-order valence-corrected chi connectivity index (χ2v) is 9.02. The van der Waals surface area contributed by atoms with Gasteiger partial charge in [-0.3, -0.25) is 4.90 Å². The lowest BCUT2D eigenvalue weighted by Gasteiger charge is -2.39. The molecule has 2 amide bonds. The first-order chi connectivity index (χ1) is 14.7. The van der Waals surface area contributed by atoms with Crippen LogP contribution in [0.1, 0.15) is 52.0 Å². The van der Waals surface area contributed by atoms with Crippen molar-refractivity contribution in [3.05, 3.63) is 35.9 Å². The van der Waals surface area contributed by atoms with Gasteiger partial charge in [-0.2, -0.15) is 0 Å². The van der Waals surface area contributed by atoms with Gasteiger partial charge >= 0.3 is 18.2 Å². The number of esters is 1. The van der Waals surface area contributed by atoms with Crippen molar-refractivity contribution in [3.63, 3.8) is 0 Å². The van der Waals surface area contributed by atoms with Crippen LogP contribution in [0.5, 0.6) is 0 Å². The van der Waals surface area contributed by atoms with Crippen molar-refractivity contribution in [3.8, 4) is 0 Å². The molecule has 1 atom stereocenters. The summed E-state index contributed by atoms with van der Waals surface area (Å²) >= 11 is 0. The number of nitrogens with zero attached hydrogens (tertiary/aromatic N) is 2. The molecule has 8 heteroatoms. The molecule has 8 nitrogen and oxygen atoms in total. The van der Waals surface area contributed by atoms with E-state index in [0.29, 0.717) is 0 Å². The summed E-state index contributed by atoms with van der Waals surface area (Å²) in [5, 5.41) is 0. The van der Waals surface area contributed by atoms with E-state index in [1.165, 1.54) is 9.80 Å². The molecular formula is C23H32N2O6. The fraction of sp³-hybridized carbons (Fsp3) is 0.609. The number of carbonyl (C=O) groups is 3. The molecule has 0 bridgehead atoms. The number of ether oxygens (including phenoxy) is 3. The summed E-state index contributed by atoms with van der Waals surface area (Å²) in [6.07, 6.45) is 2.46. The predicted octanol–water partition coefficient (Wildman–Crippen LogP) is 3.73. The molecular weight excluding hydrogens is 400 g/mol. The van der Waals surface area contributed by atoms with Gasteiger partial charge in [-0.25, -0.2) is 14.4 Å². The second-order valence-electron chi connectivity index (χ2n) is 9.02. The monoisotopic (exact) mass is 432 g/mol. The van der Waals surface area contributed by atoms with Crippen LogP contribution in [0.15, 0.2) is 30.3 Å². The van der Waals surface area contributed by atoms with Crippen LogP contribution in [0, 0.1) is 0 Å². The van der Waals surface area contributed by atoms with E-state index in [0.717, 1.165) is 31.2 Å². The van der Waals surface area contributed by atoms with Crippen molar-refractivity contribution in [1.82, 2.24) is 9.80 Å². The molecule has 1 aliphatic heterocycles. The van der Waals surface area contributed by atoms with E-state index >= 15 is 0 Å². The number of hydrogen-bond acceptors (Lipinski definition) is 6. The number of piperazine rings is 1. The van der Waals surface area contributed by atoms with E-state index in [1.807, 2.05) is 30.3 Å². The zero-order valence-corrected chi connectivity index (χ0v) is 18.5. The Morgan fingerprint density at radius 1 is 1.00 bits per heavy atom. The predicted molar refractivity (Wildman–Crippen MR) is 113 cm³/mol. The van der Waals surface area contributed by atoms with E-state index in [4.69, 9.17) is 14.2 Å². The standard InChI is InChI=1S/C23H32N2O6/c1-23(2,3)31-21(27)24-13-14-25(22(28)29-16-17-9-5-4-6-10-17)19(15-24)20(26)30-18-11-7-8-12-18/h4-6,9-10,18-19H,7-8,11-16H2,1-3H3. The molecule has 0 spiro atoms. The number of hydrogen-bond donors (Lipinski definition) is 0. The summed E-state index contributed by atoms with van der Waals surface area (Å²) in [7, 11) is 0. The average Bonchev–Trinajstić information content (AvgIpc) is 3.24. The molecule has 0 aromatic heterocycles. The highest BCUT2D eigenvalue weighted by molar-refractivity contribution is 5.83. The first-order valence-electron chi connectivity index (χ1n) is 10.9. The van der Waals surface area contributed by atoms with Crippen molar-refractivity contribution in [2.75, 3.05) is 19.6 Å². The normalized spacial score (nSPS) is 19.8. The van der Waals surface area contributed by atoms with Crippen molar-refractivity contribution < 1.29 is 28.6 Å². The van der Waals surface area contributed by atoms with Gasteiger partial charge in [-0.15, -0.1) is 0 Å². The maximum Gasteiger partial charge on any atom is 0.410 e. The quantitative estimate of drug-likeness (QED) is 0.532. The van der Waals surface area contributed by atoms with Crippen LogP contribution in [0.25, 0.3) is 0 Å². The molecule has 0 radical (unpaired) electrons. The highest BCUT2D eigenvalue weighted by Gasteiger charge is 2.41. The summed E-state index contributed by atoms with van der Waals surface area (Å²) in [4.78, 5) is 41.1. The number of amides is 2. The second kappa shape index (κ2) is 10.0. The Hall–Kier alpha value is -2.77. The van der Waals surface area contributed by atoms with Crippen LogP contribution in [-0.4, -0.2) is 65.3 Å². The van der Waals surface area contributed by atoms with Gasteiger partial charge in [-0.05, 0) is 52.0 Å². The zero-order chi connectivity index (χ0) is 22.4. The zero-order valence-electron chi connectivity index (χ0n) is 18.5. The molecule has 0 N–H and O–H groups in total. The van der Waals surface area contributed by atoms with Gasteiger partial charge < -0.3 is 19.1 Å². The molecule has 1 heterocycles. The maximum absolute atomic E-state index is 12.9. The average molecular weight is 433 g/mol. The molecule has 1 saturated carbocycles. The van der Waals surface area contributed by atoms with E-state index in [1.54, 1.807) is 20.8 Å². The number of benzene rings is 1. The molecule has 2 aliphatic rings. The summed E-state index contributed by atoms with van der Waals surface area (Å²) in [5.41, 5.74) is 0.205. The minimum absolute atomic E-state index is 0.0148. The summed E-state index contributed by atoms with van der Waals surface area (Å²) in [5.74, 6) is -0.503. The van der Waals surface area contributed by atoms with E-state index in [9.17, 15) is 14.4 Å². The van der Waals surface area contributed by atoms with Gasteiger partial charge in [0, 0.05) is 13.1 Å². The topological polar surface area (TPSA) is 85.4 Å². The minimum Gasteiger partial charge on any atom is -0.461 e. The maximum atomic E-state index is 12.9. The van der Waals surface area contributed by atoms with Gasteiger partial charge in [0.05, 0.1) is 6.54 Å². The van der Waals surface area contributed by atoms with Gasteiger partial charge in [0.1, 0.15) is 18.3 Å². The molecule has 1 unspecified atom stereocenters. The highest BCUT2D eigenvalue weighted by atomic mass is 16.6. The van der Waals surface area contributed by atoms with Crippen LogP contribution >= 0.6 is 0 Å². The van der Waals surface area contributed by atoms with Crippen molar-refractivity contribution in [2.24, 2.45) is 0 Å². The van der Waals surface area contributed by atoms with Crippen LogP contribution < -0.4 is 0 Å². The van der Waals surface area contributed by atoms with Gasteiger partial charge in [-0.1, -0.05) is 30.3 Å². The highest BCUT2D eigenvalue weighted by Crippen LogP contribution is 2.23. The van der Waals surface area contributed by atoms with E-state index in [2.05, 4.69) is 0 Å².